The Morgan fingerprint density at radius 3 is 1.80 bits per heavy atom. The van der Waals surface area contributed by atoms with Crippen LogP contribution in [0.1, 0.15) is 40.0 Å². The predicted molar refractivity (Wildman–Crippen MR) is 59.7 cm³/mol. The quantitative estimate of drug-likeness (QED) is 0.663. The molecule has 0 aliphatic carbocycles. The van der Waals surface area contributed by atoms with Crippen molar-refractivity contribution >= 4 is 11.8 Å². The molecular weight excluding hydrogens is 192 g/mol. The molecule has 3 atom stereocenters. The van der Waals surface area contributed by atoms with Gasteiger partial charge in [0, 0.05) is 11.8 Å². The third-order valence-corrected chi connectivity index (χ3v) is 2.82. The molecule has 0 saturated heterocycles. The fourth-order valence-corrected chi connectivity index (χ4v) is 1.51. The van der Waals surface area contributed by atoms with Crippen molar-refractivity contribution in [2.24, 2.45) is 29.2 Å². The molecule has 0 bridgehead atoms. The van der Waals surface area contributed by atoms with E-state index < -0.39 is 0 Å². The van der Waals surface area contributed by atoms with Crippen LogP contribution in [0.25, 0.3) is 0 Å². The highest BCUT2D eigenvalue weighted by molar-refractivity contribution is 5.76. The van der Waals surface area contributed by atoms with E-state index in [2.05, 4.69) is 6.92 Å². The summed E-state index contributed by atoms with van der Waals surface area (Å²) in [6.45, 7) is 5.72. The summed E-state index contributed by atoms with van der Waals surface area (Å²) in [5, 5.41) is 0. The number of carbonyl (C=O) groups is 2. The highest BCUT2D eigenvalue weighted by atomic mass is 16.1. The van der Waals surface area contributed by atoms with E-state index in [4.69, 9.17) is 11.5 Å². The Hall–Kier alpha value is -1.06. The second kappa shape index (κ2) is 6.43. The van der Waals surface area contributed by atoms with Gasteiger partial charge in [-0.05, 0) is 25.2 Å². The van der Waals surface area contributed by atoms with Crippen molar-refractivity contribution < 1.29 is 9.59 Å². The maximum atomic E-state index is 10.8. The Bertz CT molecular complexity index is 229. The summed E-state index contributed by atoms with van der Waals surface area (Å²) in [6, 6.07) is 0. The number of hydrogen-bond acceptors (Lipinski definition) is 2. The van der Waals surface area contributed by atoms with Crippen molar-refractivity contribution in [2.75, 3.05) is 0 Å². The summed E-state index contributed by atoms with van der Waals surface area (Å²) in [4.78, 5) is 21.6. The van der Waals surface area contributed by atoms with E-state index in [0.29, 0.717) is 5.92 Å². The first-order chi connectivity index (χ1) is 6.84. The van der Waals surface area contributed by atoms with Gasteiger partial charge in [0.05, 0.1) is 0 Å². The van der Waals surface area contributed by atoms with E-state index >= 15 is 0 Å². The molecule has 0 aromatic heterocycles. The molecule has 0 saturated carbocycles. The molecule has 4 nitrogen and oxygen atoms in total. The van der Waals surface area contributed by atoms with Crippen LogP contribution in [0, 0.1) is 17.8 Å². The van der Waals surface area contributed by atoms with Crippen molar-refractivity contribution in [3.8, 4) is 0 Å². The first-order valence-electron chi connectivity index (χ1n) is 5.43. The predicted octanol–water partition coefficient (Wildman–Crippen LogP) is 1.04. The van der Waals surface area contributed by atoms with Crippen LogP contribution >= 0.6 is 0 Å². The lowest BCUT2D eigenvalue weighted by Crippen LogP contribution is -2.23. The lowest BCUT2D eigenvalue weighted by molar-refractivity contribution is -0.122. The summed E-state index contributed by atoms with van der Waals surface area (Å²) in [5.41, 5.74) is 10.3. The Kier molecular flexibility index (Phi) is 5.97. The van der Waals surface area contributed by atoms with Gasteiger partial charge in [0.15, 0.2) is 0 Å². The van der Waals surface area contributed by atoms with Crippen molar-refractivity contribution in [1.82, 2.24) is 0 Å². The van der Waals surface area contributed by atoms with E-state index in [-0.39, 0.29) is 23.7 Å². The molecule has 88 valence electrons. The minimum atomic E-state index is -0.259. The number of carbonyl (C=O) groups excluding carboxylic acids is 2. The number of hydrogen-bond donors (Lipinski definition) is 2. The van der Waals surface area contributed by atoms with Crippen LogP contribution in [0.15, 0.2) is 0 Å². The SMILES string of the molecule is CC(CCC(C)C(N)=O)CC(C)C(N)=O. The molecule has 0 spiro atoms. The summed E-state index contributed by atoms with van der Waals surface area (Å²) in [6.07, 6.45) is 2.46. The summed E-state index contributed by atoms with van der Waals surface area (Å²) >= 11 is 0. The van der Waals surface area contributed by atoms with Gasteiger partial charge in [-0.3, -0.25) is 9.59 Å². The van der Waals surface area contributed by atoms with Gasteiger partial charge < -0.3 is 11.5 Å². The molecule has 4 N–H and O–H groups in total. The third-order valence-electron chi connectivity index (χ3n) is 2.82. The molecule has 3 unspecified atom stereocenters. The monoisotopic (exact) mass is 214 g/mol. The van der Waals surface area contributed by atoms with Crippen molar-refractivity contribution in [3.05, 3.63) is 0 Å². The Balaban J connectivity index is 3.79. The van der Waals surface area contributed by atoms with Gasteiger partial charge in [0.25, 0.3) is 0 Å². The topological polar surface area (TPSA) is 86.2 Å². The maximum Gasteiger partial charge on any atom is 0.220 e. The zero-order valence-corrected chi connectivity index (χ0v) is 9.82. The van der Waals surface area contributed by atoms with Crippen LogP contribution in [-0.2, 0) is 9.59 Å². The van der Waals surface area contributed by atoms with Crippen LogP contribution in [0.5, 0.6) is 0 Å². The zero-order chi connectivity index (χ0) is 12.0. The smallest absolute Gasteiger partial charge is 0.220 e. The fourth-order valence-electron chi connectivity index (χ4n) is 1.51. The van der Waals surface area contributed by atoms with Crippen LogP contribution < -0.4 is 11.5 Å². The van der Waals surface area contributed by atoms with Crippen molar-refractivity contribution in [3.63, 3.8) is 0 Å². The average molecular weight is 214 g/mol. The Morgan fingerprint density at radius 1 is 0.933 bits per heavy atom. The first-order valence-corrected chi connectivity index (χ1v) is 5.43. The Labute approximate surface area is 91.4 Å². The minimum Gasteiger partial charge on any atom is -0.369 e. The molecule has 2 amide bonds. The average Bonchev–Trinajstić information content (AvgIpc) is 2.13. The molecule has 0 aliphatic rings. The maximum absolute atomic E-state index is 10.8. The molecule has 0 aliphatic heterocycles. The minimum absolute atomic E-state index is 0.0867. The molecule has 4 heteroatoms. The number of rotatable bonds is 7. The molecule has 0 aromatic carbocycles. The van der Waals surface area contributed by atoms with Gasteiger partial charge in [-0.15, -0.1) is 0 Å². The zero-order valence-electron chi connectivity index (χ0n) is 9.82. The van der Waals surface area contributed by atoms with Gasteiger partial charge >= 0.3 is 0 Å². The standard InChI is InChI=1S/C11H22N2O2/c1-7(6-9(3)11(13)15)4-5-8(2)10(12)14/h7-9H,4-6H2,1-3H3,(H2,12,14)(H2,13,15). The van der Waals surface area contributed by atoms with E-state index in [1.807, 2.05) is 13.8 Å². The summed E-state index contributed by atoms with van der Waals surface area (Å²) < 4.78 is 0. The number of nitrogens with two attached hydrogens (primary N) is 2. The molecular formula is C11H22N2O2. The van der Waals surface area contributed by atoms with Crippen molar-refractivity contribution in [1.29, 1.82) is 0 Å². The Morgan fingerprint density at radius 2 is 1.40 bits per heavy atom. The lowest BCUT2D eigenvalue weighted by atomic mass is 9.90. The summed E-state index contributed by atoms with van der Waals surface area (Å²) in [5.74, 6) is -0.301. The fraction of sp³-hybridized carbons (Fsp3) is 0.818. The van der Waals surface area contributed by atoms with Crippen molar-refractivity contribution in [2.45, 2.75) is 40.0 Å². The molecule has 0 heterocycles. The normalized spacial score (nSPS) is 16.7. The molecule has 0 aromatic rings. The number of primary amides is 2. The molecule has 0 fully saturated rings. The van der Waals surface area contributed by atoms with E-state index in [0.717, 1.165) is 19.3 Å². The van der Waals surface area contributed by atoms with Crippen LogP contribution in [0.4, 0.5) is 0 Å². The number of amides is 2. The first kappa shape index (κ1) is 13.9. The highest BCUT2D eigenvalue weighted by Gasteiger charge is 2.15. The largest absolute Gasteiger partial charge is 0.369 e. The van der Waals surface area contributed by atoms with E-state index in [9.17, 15) is 9.59 Å². The second-order valence-corrected chi connectivity index (χ2v) is 4.53. The highest BCUT2D eigenvalue weighted by Crippen LogP contribution is 2.19. The van der Waals surface area contributed by atoms with Gasteiger partial charge in [0.1, 0.15) is 0 Å². The van der Waals surface area contributed by atoms with E-state index in [1.54, 1.807) is 0 Å². The lowest BCUT2D eigenvalue weighted by Gasteiger charge is -2.16. The molecule has 0 radical (unpaired) electrons. The van der Waals surface area contributed by atoms with Crippen LogP contribution in [-0.4, -0.2) is 11.8 Å². The second-order valence-electron chi connectivity index (χ2n) is 4.53. The molecule has 0 rings (SSSR count). The summed E-state index contributed by atoms with van der Waals surface area (Å²) in [7, 11) is 0. The van der Waals surface area contributed by atoms with E-state index in [1.165, 1.54) is 0 Å². The van der Waals surface area contributed by atoms with Gasteiger partial charge in [-0.25, -0.2) is 0 Å². The van der Waals surface area contributed by atoms with Crippen LogP contribution in [0.2, 0.25) is 0 Å². The van der Waals surface area contributed by atoms with Crippen LogP contribution in [0.3, 0.4) is 0 Å². The van der Waals surface area contributed by atoms with Gasteiger partial charge in [-0.1, -0.05) is 20.8 Å². The third kappa shape index (κ3) is 6.10. The van der Waals surface area contributed by atoms with Gasteiger partial charge in [-0.2, -0.15) is 0 Å². The van der Waals surface area contributed by atoms with Gasteiger partial charge in [0.2, 0.25) is 11.8 Å². The molecule has 15 heavy (non-hydrogen) atoms.